The Balaban J connectivity index is 3.12. The number of halogens is 4. The molecule has 1 heterocycles. The van der Waals surface area contributed by atoms with Crippen molar-refractivity contribution < 1.29 is 18.0 Å². The highest BCUT2D eigenvalue weighted by molar-refractivity contribution is 9.12. The summed E-state index contributed by atoms with van der Waals surface area (Å²) in [7, 11) is 1.25. The molecular formula is C9H8BrF3N2O. The van der Waals surface area contributed by atoms with E-state index in [1.807, 2.05) is 0 Å². The summed E-state index contributed by atoms with van der Waals surface area (Å²) in [5, 5.41) is 0. The molecule has 0 aromatic rings. The van der Waals surface area contributed by atoms with E-state index in [4.69, 9.17) is 6.42 Å². The van der Waals surface area contributed by atoms with Crippen molar-refractivity contribution in [2.24, 2.45) is 0 Å². The van der Waals surface area contributed by atoms with Crippen LogP contribution in [0.1, 0.15) is 0 Å². The van der Waals surface area contributed by atoms with E-state index in [0.717, 1.165) is 9.80 Å². The Hall–Kier alpha value is -1.16. The Bertz CT molecular complexity index is 383. The number of terminal acetylenes is 1. The number of rotatable bonds is 1. The molecule has 0 saturated carbocycles. The fraction of sp³-hybridized carbons (Fsp3) is 0.444. The Kier molecular flexibility index (Phi) is 3.53. The van der Waals surface area contributed by atoms with Crippen molar-refractivity contribution in [1.29, 1.82) is 0 Å². The highest BCUT2D eigenvalue weighted by Crippen LogP contribution is 2.35. The lowest BCUT2D eigenvalue weighted by atomic mass is 10.2. The van der Waals surface area contributed by atoms with E-state index >= 15 is 0 Å². The fourth-order valence-electron chi connectivity index (χ4n) is 1.37. The van der Waals surface area contributed by atoms with Crippen molar-refractivity contribution >= 4 is 21.8 Å². The average molecular weight is 297 g/mol. The molecule has 0 unspecified atom stereocenters. The smallest absolute Gasteiger partial charge is 0.352 e. The van der Waals surface area contributed by atoms with E-state index in [1.54, 1.807) is 0 Å². The van der Waals surface area contributed by atoms with Crippen LogP contribution >= 0.6 is 15.9 Å². The Labute approximate surface area is 99.0 Å². The Morgan fingerprint density at radius 1 is 1.56 bits per heavy atom. The first-order valence-electron chi connectivity index (χ1n) is 4.20. The van der Waals surface area contributed by atoms with Crippen LogP contribution in [0.3, 0.4) is 0 Å². The molecule has 0 aromatic heterocycles. The van der Waals surface area contributed by atoms with Crippen molar-refractivity contribution in [1.82, 2.24) is 9.80 Å². The SMILES string of the molecule is C#CCN1CN(C)C(C(F)(F)F)=C(Br)C1=O. The maximum Gasteiger partial charge on any atom is 0.432 e. The molecule has 0 spiro atoms. The summed E-state index contributed by atoms with van der Waals surface area (Å²) in [5.74, 6) is 1.47. The molecule has 0 saturated heterocycles. The van der Waals surface area contributed by atoms with Gasteiger partial charge in [0.05, 0.1) is 13.2 Å². The molecule has 1 aliphatic rings. The predicted octanol–water partition coefficient (Wildman–Crippen LogP) is 1.52. The van der Waals surface area contributed by atoms with Crippen molar-refractivity contribution in [2.75, 3.05) is 20.3 Å². The molecule has 0 bridgehead atoms. The summed E-state index contributed by atoms with van der Waals surface area (Å²) in [5.41, 5.74) is -0.981. The van der Waals surface area contributed by atoms with Crippen LogP contribution in [0.25, 0.3) is 0 Å². The molecule has 0 fully saturated rings. The zero-order chi connectivity index (χ0) is 12.5. The molecule has 0 aliphatic carbocycles. The standard InChI is InChI=1S/C9H8BrF3N2O/c1-3-4-15-5-14(2)7(9(11,12)13)6(10)8(15)16/h1H,4-5H2,2H3. The normalized spacial score (nSPS) is 17.9. The van der Waals surface area contributed by atoms with Gasteiger partial charge in [-0.15, -0.1) is 6.42 Å². The van der Waals surface area contributed by atoms with Gasteiger partial charge in [-0.05, 0) is 15.9 Å². The van der Waals surface area contributed by atoms with Crippen LogP contribution in [-0.2, 0) is 4.79 Å². The van der Waals surface area contributed by atoms with Crippen molar-refractivity contribution in [3.63, 3.8) is 0 Å². The molecule has 1 rings (SSSR count). The molecule has 16 heavy (non-hydrogen) atoms. The van der Waals surface area contributed by atoms with Gasteiger partial charge in [0.15, 0.2) is 0 Å². The minimum absolute atomic E-state index is 0.0244. The second-order valence-electron chi connectivity index (χ2n) is 3.21. The van der Waals surface area contributed by atoms with Crippen LogP contribution in [0.4, 0.5) is 13.2 Å². The number of amides is 1. The lowest BCUT2D eigenvalue weighted by molar-refractivity contribution is -0.138. The summed E-state index contributed by atoms with van der Waals surface area (Å²) in [6.07, 6.45) is 0.453. The molecule has 0 aromatic carbocycles. The molecule has 0 atom stereocenters. The van der Waals surface area contributed by atoms with Gasteiger partial charge in [0, 0.05) is 7.05 Å². The quantitative estimate of drug-likeness (QED) is 0.685. The predicted molar refractivity (Wildman–Crippen MR) is 55.2 cm³/mol. The number of carbonyl (C=O) groups excluding carboxylic acids is 1. The summed E-state index contributed by atoms with van der Waals surface area (Å²) in [6, 6.07) is 0. The van der Waals surface area contributed by atoms with E-state index in [1.165, 1.54) is 7.05 Å². The van der Waals surface area contributed by atoms with Crippen LogP contribution < -0.4 is 0 Å². The van der Waals surface area contributed by atoms with Gasteiger partial charge in [0.1, 0.15) is 10.2 Å². The third kappa shape index (κ3) is 2.32. The summed E-state index contributed by atoms with van der Waals surface area (Å²) in [4.78, 5) is 13.6. The lowest BCUT2D eigenvalue weighted by Gasteiger charge is -2.35. The topological polar surface area (TPSA) is 23.6 Å². The fourth-order valence-corrected chi connectivity index (χ4v) is 2.15. The molecule has 0 radical (unpaired) electrons. The number of hydrogen-bond donors (Lipinski definition) is 0. The van der Waals surface area contributed by atoms with Gasteiger partial charge in [0.25, 0.3) is 5.91 Å². The number of allylic oxidation sites excluding steroid dienone is 1. The average Bonchev–Trinajstić information content (AvgIpc) is 2.12. The number of nitrogens with zero attached hydrogens (tertiary/aromatic N) is 2. The summed E-state index contributed by atoms with van der Waals surface area (Å²) < 4.78 is 37.3. The van der Waals surface area contributed by atoms with Crippen molar-refractivity contribution in [2.45, 2.75) is 6.18 Å². The van der Waals surface area contributed by atoms with Crippen LogP contribution in [0.2, 0.25) is 0 Å². The maximum atomic E-state index is 12.6. The highest BCUT2D eigenvalue weighted by Gasteiger charge is 2.44. The molecule has 88 valence electrons. The zero-order valence-corrected chi connectivity index (χ0v) is 9.89. The van der Waals surface area contributed by atoms with Gasteiger partial charge >= 0.3 is 6.18 Å². The number of alkyl halides is 3. The zero-order valence-electron chi connectivity index (χ0n) is 8.31. The highest BCUT2D eigenvalue weighted by atomic mass is 79.9. The van der Waals surface area contributed by atoms with Crippen molar-refractivity contribution in [3.05, 3.63) is 10.2 Å². The Morgan fingerprint density at radius 3 is 2.56 bits per heavy atom. The number of hydrogen-bond acceptors (Lipinski definition) is 2. The van der Waals surface area contributed by atoms with E-state index in [9.17, 15) is 18.0 Å². The minimum atomic E-state index is -4.56. The van der Waals surface area contributed by atoms with Gasteiger partial charge in [-0.2, -0.15) is 13.2 Å². The first kappa shape index (κ1) is 12.9. The van der Waals surface area contributed by atoms with Gasteiger partial charge in [0.2, 0.25) is 0 Å². The largest absolute Gasteiger partial charge is 0.432 e. The third-order valence-electron chi connectivity index (χ3n) is 2.00. The molecular weight excluding hydrogens is 289 g/mol. The second kappa shape index (κ2) is 4.37. The Morgan fingerprint density at radius 2 is 2.12 bits per heavy atom. The van der Waals surface area contributed by atoms with Crippen molar-refractivity contribution in [3.8, 4) is 12.3 Å². The first-order valence-corrected chi connectivity index (χ1v) is 4.99. The van der Waals surface area contributed by atoms with E-state index in [-0.39, 0.29) is 13.2 Å². The first-order chi connectivity index (χ1) is 7.29. The van der Waals surface area contributed by atoms with Crippen LogP contribution in [0.5, 0.6) is 0 Å². The second-order valence-corrected chi connectivity index (χ2v) is 4.00. The van der Waals surface area contributed by atoms with Gasteiger partial charge in [-0.3, -0.25) is 4.79 Å². The number of carbonyl (C=O) groups is 1. The molecule has 7 heteroatoms. The van der Waals surface area contributed by atoms with Gasteiger partial charge in [-0.25, -0.2) is 0 Å². The molecule has 1 amide bonds. The maximum absolute atomic E-state index is 12.6. The van der Waals surface area contributed by atoms with E-state index in [2.05, 4.69) is 21.9 Å². The van der Waals surface area contributed by atoms with Crippen LogP contribution in [-0.4, -0.2) is 42.1 Å². The van der Waals surface area contributed by atoms with Gasteiger partial charge in [-0.1, -0.05) is 5.92 Å². The van der Waals surface area contributed by atoms with E-state index in [0.29, 0.717) is 0 Å². The van der Waals surface area contributed by atoms with E-state index < -0.39 is 22.3 Å². The molecule has 1 aliphatic heterocycles. The molecule has 3 nitrogen and oxygen atoms in total. The van der Waals surface area contributed by atoms with Crippen LogP contribution in [0, 0.1) is 12.3 Å². The third-order valence-corrected chi connectivity index (χ3v) is 2.71. The van der Waals surface area contributed by atoms with Gasteiger partial charge < -0.3 is 9.80 Å². The lowest BCUT2D eigenvalue weighted by Crippen LogP contribution is -2.47. The molecule has 0 N–H and O–H groups in total. The monoisotopic (exact) mass is 296 g/mol. The minimum Gasteiger partial charge on any atom is -0.352 e. The summed E-state index contributed by atoms with van der Waals surface area (Å²) >= 11 is 2.66. The summed E-state index contributed by atoms with van der Waals surface area (Å²) in [6.45, 7) is -0.198. The van der Waals surface area contributed by atoms with Crippen LogP contribution in [0.15, 0.2) is 10.2 Å².